The smallest absolute Gasteiger partial charge is 0.100 e. The lowest BCUT2D eigenvalue weighted by molar-refractivity contribution is 0.715. The van der Waals surface area contributed by atoms with E-state index < -0.39 is 0 Å². The second kappa shape index (κ2) is 5.02. The summed E-state index contributed by atoms with van der Waals surface area (Å²) in [6, 6.07) is 8.30. The van der Waals surface area contributed by atoms with E-state index in [9.17, 15) is 0 Å². The fourth-order valence-corrected chi connectivity index (χ4v) is 3.31. The first-order valence-corrected chi connectivity index (χ1v) is 7.33. The molecular weight excluding hydrogens is 240 g/mol. The molecule has 2 aromatic heterocycles. The third-order valence-electron chi connectivity index (χ3n) is 3.17. The van der Waals surface area contributed by atoms with Crippen molar-refractivity contribution in [1.82, 2.24) is 9.97 Å². The molecule has 0 aliphatic heterocycles. The van der Waals surface area contributed by atoms with E-state index in [-0.39, 0.29) is 0 Å². The molecule has 0 saturated carbocycles. The first-order valence-electron chi connectivity index (χ1n) is 6.51. The molecule has 0 bridgehead atoms. The highest BCUT2D eigenvalue weighted by Crippen LogP contribution is 2.29. The minimum Gasteiger partial charge on any atom is -0.254 e. The zero-order valence-electron chi connectivity index (χ0n) is 10.5. The van der Waals surface area contributed by atoms with E-state index >= 15 is 0 Å². The first-order chi connectivity index (χ1) is 8.88. The van der Waals surface area contributed by atoms with Crippen LogP contribution in [-0.4, -0.2) is 9.97 Å². The lowest BCUT2D eigenvalue weighted by Crippen LogP contribution is -1.83. The largest absolute Gasteiger partial charge is 0.254 e. The Bertz CT molecular complexity index is 672. The number of unbranched alkanes of at least 4 members (excludes halogenated alkanes) is 2. The molecule has 0 N–H and O–H groups in total. The Labute approximate surface area is 111 Å². The van der Waals surface area contributed by atoms with Crippen LogP contribution in [0.1, 0.15) is 31.2 Å². The van der Waals surface area contributed by atoms with Gasteiger partial charge < -0.3 is 0 Å². The third-order valence-corrected chi connectivity index (χ3v) is 4.33. The number of rotatable bonds is 4. The van der Waals surface area contributed by atoms with Crippen LogP contribution in [0.3, 0.4) is 0 Å². The number of hydrogen-bond acceptors (Lipinski definition) is 3. The summed E-state index contributed by atoms with van der Waals surface area (Å²) in [7, 11) is 0. The van der Waals surface area contributed by atoms with Gasteiger partial charge in [-0.1, -0.05) is 38.0 Å². The third kappa shape index (κ3) is 2.10. The fourth-order valence-electron chi connectivity index (χ4n) is 2.20. The van der Waals surface area contributed by atoms with E-state index in [1.54, 1.807) is 0 Å². The number of aryl methyl sites for hydroxylation is 1. The maximum atomic E-state index is 4.69. The standard InChI is InChI=1S/C15H16N2S/c1-2-3-4-9-14-17-13-10-16-12-8-6-5-7-11(12)15(13)18-14/h5-8,10H,2-4,9H2,1H3. The molecule has 18 heavy (non-hydrogen) atoms. The fraction of sp³-hybridized carbons (Fsp3) is 0.333. The summed E-state index contributed by atoms with van der Waals surface area (Å²) in [6.45, 7) is 2.23. The highest BCUT2D eigenvalue weighted by atomic mass is 32.1. The first kappa shape index (κ1) is 11.6. The molecule has 0 radical (unpaired) electrons. The predicted octanol–water partition coefficient (Wildman–Crippen LogP) is 4.58. The summed E-state index contributed by atoms with van der Waals surface area (Å²) in [4.78, 5) is 9.15. The van der Waals surface area contributed by atoms with E-state index in [4.69, 9.17) is 4.98 Å². The quantitative estimate of drug-likeness (QED) is 0.639. The van der Waals surface area contributed by atoms with Gasteiger partial charge in [-0.05, 0) is 18.9 Å². The van der Waals surface area contributed by atoms with Crippen LogP contribution in [0.4, 0.5) is 0 Å². The number of fused-ring (bicyclic) bond motifs is 3. The van der Waals surface area contributed by atoms with E-state index in [0.717, 1.165) is 17.5 Å². The second-order valence-electron chi connectivity index (χ2n) is 4.55. The second-order valence-corrected chi connectivity index (χ2v) is 5.64. The Hall–Kier alpha value is -1.48. The van der Waals surface area contributed by atoms with Gasteiger partial charge in [-0.2, -0.15) is 0 Å². The number of benzene rings is 1. The summed E-state index contributed by atoms with van der Waals surface area (Å²) < 4.78 is 1.28. The van der Waals surface area contributed by atoms with Gasteiger partial charge in [-0.15, -0.1) is 11.3 Å². The van der Waals surface area contributed by atoms with Crippen molar-refractivity contribution >= 4 is 32.5 Å². The SMILES string of the molecule is CCCCCc1nc2cnc3ccccc3c2s1. The highest BCUT2D eigenvalue weighted by Gasteiger charge is 2.07. The maximum absolute atomic E-state index is 4.69. The Balaban J connectivity index is 2.03. The van der Waals surface area contributed by atoms with Crippen molar-refractivity contribution in [3.05, 3.63) is 35.5 Å². The van der Waals surface area contributed by atoms with Gasteiger partial charge in [0.2, 0.25) is 0 Å². The minimum atomic E-state index is 1.05. The summed E-state index contributed by atoms with van der Waals surface area (Å²) in [5.74, 6) is 0. The van der Waals surface area contributed by atoms with Crippen molar-refractivity contribution in [2.24, 2.45) is 0 Å². The van der Waals surface area contributed by atoms with Gasteiger partial charge in [0.15, 0.2) is 0 Å². The average Bonchev–Trinajstić information content (AvgIpc) is 2.82. The predicted molar refractivity (Wildman–Crippen MR) is 78.2 cm³/mol. The zero-order valence-corrected chi connectivity index (χ0v) is 11.3. The van der Waals surface area contributed by atoms with Gasteiger partial charge >= 0.3 is 0 Å². The van der Waals surface area contributed by atoms with Crippen LogP contribution in [0.2, 0.25) is 0 Å². The van der Waals surface area contributed by atoms with Crippen LogP contribution in [0.5, 0.6) is 0 Å². The molecule has 0 unspecified atom stereocenters. The molecule has 3 rings (SSSR count). The van der Waals surface area contributed by atoms with Crippen LogP contribution in [0.25, 0.3) is 21.1 Å². The molecular formula is C15H16N2S. The molecule has 0 aliphatic rings. The molecule has 3 aromatic rings. The van der Waals surface area contributed by atoms with Crippen molar-refractivity contribution in [1.29, 1.82) is 0 Å². The number of pyridine rings is 1. The molecule has 2 heterocycles. The number of nitrogens with zero attached hydrogens (tertiary/aromatic N) is 2. The van der Waals surface area contributed by atoms with Gasteiger partial charge in [0.1, 0.15) is 5.52 Å². The average molecular weight is 256 g/mol. The Kier molecular flexibility index (Phi) is 3.24. The molecule has 0 atom stereocenters. The lowest BCUT2D eigenvalue weighted by atomic mass is 10.2. The van der Waals surface area contributed by atoms with E-state index in [1.165, 1.54) is 34.4 Å². The molecule has 0 amide bonds. The summed E-state index contributed by atoms with van der Waals surface area (Å²) in [5.41, 5.74) is 2.11. The number of para-hydroxylation sites is 1. The Morgan fingerprint density at radius 1 is 1.11 bits per heavy atom. The van der Waals surface area contributed by atoms with E-state index in [0.29, 0.717) is 0 Å². The molecule has 1 aromatic carbocycles. The molecule has 0 fully saturated rings. The van der Waals surface area contributed by atoms with Crippen LogP contribution < -0.4 is 0 Å². The van der Waals surface area contributed by atoms with Gasteiger partial charge in [0.05, 0.1) is 21.4 Å². The van der Waals surface area contributed by atoms with E-state index in [2.05, 4.69) is 30.1 Å². The van der Waals surface area contributed by atoms with Crippen molar-refractivity contribution in [2.75, 3.05) is 0 Å². The van der Waals surface area contributed by atoms with Crippen molar-refractivity contribution in [2.45, 2.75) is 32.6 Å². The van der Waals surface area contributed by atoms with Crippen LogP contribution >= 0.6 is 11.3 Å². The molecule has 0 aliphatic carbocycles. The topological polar surface area (TPSA) is 25.8 Å². The molecule has 92 valence electrons. The van der Waals surface area contributed by atoms with Crippen LogP contribution in [0.15, 0.2) is 30.5 Å². The molecule has 0 saturated heterocycles. The highest BCUT2D eigenvalue weighted by molar-refractivity contribution is 7.19. The molecule has 2 nitrogen and oxygen atoms in total. The van der Waals surface area contributed by atoms with Crippen molar-refractivity contribution in [3.8, 4) is 0 Å². The molecule has 3 heteroatoms. The summed E-state index contributed by atoms with van der Waals surface area (Å²) in [6.07, 6.45) is 6.78. The number of aromatic nitrogens is 2. The van der Waals surface area contributed by atoms with Gasteiger partial charge in [0.25, 0.3) is 0 Å². The maximum Gasteiger partial charge on any atom is 0.100 e. The monoisotopic (exact) mass is 256 g/mol. The zero-order chi connectivity index (χ0) is 12.4. The normalized spacial score (nSPS) is 11.4. The Morgan fingerprint density at radius 3 is 2.89 bits per heavy atom. The number of thiazole rings is 1. The van der Waals surface area contributed by atoms with Crippen molar-refractivity contribution in [3.63, 3.8) is 0 Å². The summed E-state index contributed by atoms with van der Waals surface area (Å²) in [5, 5.41) is 2.48. The van der Waals surface area contributed by atoms with Gasteiger partial charge in [-0.25, -0.2) is 4.98 Å². The number of hydrogen-bond donors (Lipinski definition) is 0. The van der Waals surface area contributed by atoms with Crippen molar-refractivity contribution < 1.29 is 0 Å². The van der Waals surface area contributed by atoms with Gasteiger partial charge in [-0.3, -0.25) is 4.98 Å². The summed E-state index contributed by atoms with van der Waals surface area (Å²) >= 11 is 1.83. The van der Waals surface area contributed by atoms with Crippen LogP contribution in [0, 0.1) is 0 Å². The minimum absolute atomic E-state index is 1.05. The Morgan fingerprint density at radius 2 is 2.00 bits per heavy atom. The van der Waals surface area contributed by atoms with E-state index in [1.807, 2.05) is 23.6 Å². The van der Waals surface area contributed by atoms with Crippen LogP contribution in [-0.2, 0) is 6.42 Å². The lowest BCUT2D eigenvalue weighted by Gasteiger charge is -1.95. The van der Waals surface area contributed by atoms with Gasteiger partial charge in [0, 0.05) is 5.39 Å². The molecule has 0 spiro atoms.